The van der Waals surface area contributed by atoms with E-state index in [0.29, 0.717) is 0 Å². The van der Waals surface area contributed by atoms with Gasteiger partial charge >= 0.3 is 0 Å². The molecule has 0 amide bonds. The molecule has 0 radical (unpaired) electrons. The molecular formula is C15H32. The topological polar surface area (TPSA) is 0 Å². The van der Waals surface area contributed by atoms with Gasteiger partial charge in [0.25, 0.3) is 0 Å². The molecule has 0 heterocycles. The van der Waals surface area contributed by atoms with Gasteiger partial charge in [-0.15, -0.1) is 0 Å². The highest BCUT2D eigenvalue weighted by Crippen LogP contribution is 2.34. The molecule has 2 atom stereocenters. The quantitative estimate of drug-likeness (QED) is 0.531. The predicted octanol–water partition coefficient (Wildman–Crippen LogP) is 5.38. The fraction of sp³-hybridized carbons (Fsp3) is 1.00. The van der Waals surface area contributed by atoms with Crippen LogP contribution in [0.5, 0.6) is 0 Å². The van der Waals surface area contributed by atoms with E-state index in [1.54, 1.807) is 0 Å². The molecule has 0 aliphatic carbocycles. The van der Waals surface area contributed by atoms with Crippen LogP contribution in [0.3, 0.4) is 0 Å². The highest BCUT2D eigenvalue weighted by Gasteiger charge is 2.27. The number of rotatable bonds is 7. The average Bonchev–Trinajstić information content (AvgIpc) is 2.12. The molecule has 0 heteroatoms. The number of unbranched alkanes of at least 4 members (excludes halogenated alkanes) is 1. The summed E-state index contributed by atoms with van der Waals surface area (Å²) in [5, 5.41) is 0. The molecule has 15 heavy (non-hydrogen) atoms. The molecular weight excluding hydrogens is 180 g/mol. The third kappa shape index (κ3) is 5.04. The van der Waals surface area contributed by atoms with Crippen molar-refractivity contribution < 1.29 is 0 Å². The van der Waals surface area contributed by atoms with E-state index in [-0.39, 0.29) is 0 Å². The first-order chi connectivity index (χ1) is 6.91. The lowest BCUT2D eigenvalue weighted by molar-refractivity contribution is 0.144. The van der Waals surface area contributed by atoms with E-state index in [9.17, 15) is 0 Å². The molecule has 0 spiro atoms. The second kappa shape index (κ2) is 7.30. The van der Waals surface area contributed by atoms with Crippen molar-refractivity contribution in [2.75, 3.05) is 0 Å². The van der Waals surface area contributed by atoms with Crippen molar-refractivity contribution in [1.82, 2.24) is 0 Å². The highest BCUT2D eigenvalue weighted by molar-refractivity contribution is 4.76. The van der Waals surface area contributed by atoms with Gasteiger partial charge in [-0.05, 0) is 29.6 Å². The fourth-order valence-electron chi connectivity index (χ4n) is 3.15. The molecule has 0 aromatic rings. The van der Waals surface area contributed by atoms with Crippen LogP contribution in [0.2, 0.25) is 0 Å². The number of hydrogen-bond acceptors (Lipinski definition) is 0. The first kappa shape index (κ1) is 15.0. The monoisotopic (exact) mass is 212 g/mol. The van der Waals surface area contributed by atoms with Crippen LogP contribution >= 0.6 is 0 Å². The van der Waals surface area contributed by atoms with Crippen LogP contribution in [-0.2, 0) is 0 Å². The van der Waals surface area contributed by atoms with Crippen molar-refractivity contribution in [3.63, 3.8) is 0 Å². The van der Waals surface area contributed by atoms with Gasteiger partial charge in [-0.25, -0.2) is 0 Å². The molecule has 0 aromatic carbocycles. The summed E-state index contributed by atoms with van der Waals surface area (Å²) in [5.41, 5.74) is 0. The van der Waals surface area contributed by atoms with Crippen molar-refractivity contribution >= 4 is 0 Å². The standard InChI is InChI=1S/C15H32/c1-8-9-10-13(6)14(7)15(11(2)3)12(4)5/h11-15H,8-10H2,1-7H3. The van der Waals surface area contributed by atoms with E-state index in [4.69, 9.17) is 0 Å². The van der Waals surface area contributed by atoms with Crippen molar-refractivity contribution in [3.8, 4) is 0 Å². The van der Waals surface area contributed by atoms with Crippen LogP contribution in [-0.4, -0.2) is 0 Å². The van der Waals surface area contributed by atoms with Gasteiger partial charge in [-0.1, -0.05) is 67.7 Å². The Morgan fingerprint density at radius 3 is 1.60 bits per heavy atom. The minimum absolute atomic E-state index is 0.823. The Kier molecular flexibility index (Phi) is 7.30. The van der Waals surface area contributed by atoms with Crippen LogP contribution < -0.4 is 0 Å². The minimum Gasteiger partial charge on any atom is -0.0654 e. The van der Waals surface area contributed by atoms with Crippen molar-refractivity contribution in [1.29, 1.82) is 0 Å². The maximum atomic E-state index is 2.46. The Morgan fingerprint density at radius 2 is 1.27 bits per heavy atom. The van der Waals surface area contributed by atoms with E-state index < -0.39 is 0 Å². The molecule has 0 aromatic heterocycles. The molecule has 0 aliphatic rings. The maximum Gasteiger partial charge on any atom is -0.0340 e. The van der Waals surface area contributed by atoms with E-state index in [1.165, 1.54) is 19.3 Å². The summed E-state index contributed by atoms with van der Waals surface area (Å²) < 4.78 is 0. The Balaban J connectivity index is 4.29. The van der Waals surface area contributed by atoms with Crippen LogP contribution in [0.4, 0.5) is 0 Å². The average molecular weight is 212 g/mol. The summed E-state index contributed by atoms with van der Waals surface area (Å²) in [5.74, 6) is 4.29. The van der Waals surface area contributed by atoms with E-state index in [1.807, 2.05) is 0 Å². The summed E-state index contributed by atoms with van der Waals surface area (Å²) in [4.78, 5) is 0. The van der Waals surface area contributed by atoms with E-state index >= 15 is 0 Å². The smallest absolute Gasteiger partial charge is 0.0340 e. The first-order valence-electron chi connectivity index (χ1n) is 6.91. The van der Waals surface area contributed by atoms with Crippen molar-refractivity contribution in [2.24, 2.45) is 29.6 Å². The summed E-state index contributed by atoms with van der Waals surface area (Å²) in [6.45, 7) is 16.7. The summed E-state index contributed by atoms with van der Waals surface area (Å²) >= 11 is 0. The maximum absolute atomic E-state index is 2.46. The lowest BCUT2D eigenvalue weighted by Gasteiger charge is -2.35. The SMILES string of the molecule is CCCCC(C)C(C)C(C(C)C)C(C)C. The lowest BCUT2D eigenvalue weighted by Crippen LogP contribution is -2.27. The van der Waals surface area contributed by atoms with Gasteiger partial charge in [0.05, 0.1) is 0 Å². The second-order valence-corrected chi connectivity index (χ2v) is 6.04. The lowest BCUT2D eigenvalue weighted by atomic mass is 9.71. The zero-order valence-corrected chi connectivity index (χ0v) is 12.0. The molecule has 0 saturated heterocycles. The summed E-state index contributed by atoms with van der Waals surface area (Å²) in [7, 11) is 0. The Labute approximate surface area is 97.8 Å². The van der Waals surface area contributed by atoms with Gasteiger partial charge in [-0.3, -0.25) is 0 Å². The molecule has 0 aliphatic heterocycles. The first-order valence-corrected chi connectivity index (χ1v) is 6.91. The van der Waals surface area contributed by atoms with Gasteiger partial charge in [0.2, 0.25) is 0 Å². The van der Waals surface area contributed by atoms with E-state index in [2.05, 4.69) is 48.5 Å². The Hall–Kier alpha value is 0. The van der Waals surface area contributed by atoms with Gasteiger partial charge in [0.15, 0.2) is 0 Å². The van der Waals surface area contributed by atoms with E-state index in [0.717, 1.165) is 29.6 Å². The van der Waals surface area contributed by atoms with Crippen LogP contribution in [0, 0.1) is 29.6 Å². The highest BCUT2D eigenvalue weighted by atomic mass is 14.3. The fourth-order valence-corrected chi connectivity index (χ4v) is 3.15. The zero-order valence-electron chi connectivity index (χ0n) is 12.0. The molecule has 0 fully saturated rings. The third-order valence-electron chi connectivity index (χ3n) is 4.06. The largest absolute Gasteiger partial charge is 0.0654 e. The minimum atomic E-state index is 0.823. The summed E-state index contributed by atoms with van der Waals surface area (Å²) in [6, 6.07) is 0. The number of hydrogen-bond donors (Lipinski definition) is 0. The second-order valence-electron chi connectivity index (χ2n) is 6.04. The molecule has 0 nitrogen and oxygen atoms in total. The van der Waals surface area contributed by atoms with Crippen LogP contribution in [0.1, 0.15) is 67.7 Å². The van der Waals surface area contributed by atoms with Gasteiger partial charge in [0, 0.05) is 0 Å². The normalized spacial score (nSPS) is 16.4. The van der Waals surface area contributed by atoms with Gasteiger partial charge < -0.3 is 0 Å². The molecule has 92 valence electrons. The summed E-state index contributed by atoms with van der Waals surface area (Å²) in [6.07, 6.45) is 4.15. The van der Waals surface area contributed by atoms with Gasteiger partial charge in [-0.2, -0.15) is 0 Å². The Bertz CT molecular complexity index is 138. The zero-order chi connectivity index (χ0) is 12.0. The Morgan fingerprint density at radius 1 is 0.800 bits per heavy atom. The molecule has 0 bridgehead atoms. The van der Waals surface area contributed by atoms with Crippen LogP contribution in [0.25, 0.3) is 0 Å². The molecule has 0 saturated carbocycles. The molecule has 2 unspecified atom stereocenters. The van der Waals surface area contributed by atoms with Gasteiger partial charge in [0.1, 0.15) is 0 Å². The van der Waals surface area contributed by atoms with Crippen LogP contribution in [0.15, 0.2) is 0 Å². The third-order valence-corrected chi connectivity index (χ3v) is 4.06. The predicted molar refractivity (Wildman–Crippen MR) is 71.0 cm³/mol. The van der Waals surface area contributed by atoms with Crippen molar-refractivity contribution in [3.05, 3.63) is 0 Å². The van der Waals surface area contributed by atoms with Crippen molar-refractivity contribution in [2.45, 2.75) is 67.7 Å². The molecule has 0 N–H and O–H groups in total. The molecule has 0 rings (SSSR count).